The molecule has 3 N–H and O–H groups in total. The van der Waals surface area contributed by atoms with E-state index in [1.165, 1.54) is 12.1 Å². The number of benzene rings is 1. The molecule has 3 rings (SSSR count). The first-order valence-electron chi connectivity index (χ1n) is 10.6. The summed E-state index contributed by atoms with van der Waals surface area (Å²) in [6.07, 6.45) is -1.85. The molecule has 0 amide bonds. The van der Waals surface area contributed by atoms with Crippen LogP contribution in [0, 0.1) is 45.3 Å². The Morgan fingerprint density at radius 1 is 1.21 bits per heavy atom. The first kappa shape index (κ1) is 25.9. The van der Waals surface area contributed by atoms with Crippen LogP contribution in [-0.4, -0.2) is 36.2 Å². The molecule has 1 aromatic carbocycles. The first-order chi connectivity index (χ1) is 15.6. The average molecular weight is 458 g/mol. The number of nitrogens with zero attached hydrogens (tertiary/aromatic N) is 4. The lowest BCUT2D eigenvalue weighted by molar-refractivity contribution is -0.137. The maximum Gasteiger partial charge on any atom is 0.416 e. The zero-order valence-corrected chi connectivity index (χ0v) is 18.5. The Morgan fingerprint density at radius 3 is 2.36 bits per heavy atom. The number of aliphatic hydroxyl groups is 1. The summed E-state index contributed by atoms with van der Waals surface area (Å²) in [6, 6.07) is 10.6. The monoisotopic (exact) mass is 457 g/mol. The minimum absolute atomic E-state index is 0.0856. The van der Waals surface area contributed by atoms with Crippen molar-refractivity contribution in [1.29, 1.82) is 15.8 Å². The lowest BCUT2D eigenvalue weighted by Crippen LogP contribution is -2.48. The van der Waals surface area contributed by atoms with Gasteiger partial charge in [0, 0.05) is 31.5 Å². The molecule has 6 nitrogen and oxygen atoms in total. The number of hydrogen-bond acceptors (Lipinski definition) is 6. The Bertz CT molecular complexity index is 1040. The highest BCUT2D eigenvalue weighted by atomic mass is 19.4. The second-order valence-corrected chi connectivity index (χ2v) is 7.87. The maximum absolute atomic E-state index is 13.4. The Morgan fingerprint density at radius 2 is 1.85 bits per heavy atom. The molecule has 1 aromatic rings. The van der Waals surface area contributed by atoms with Crippen LogP contribution in [0.25, 0.3) is 0 Å². The normalized spacial score (nSPS) is 22.0. The SMILES string of the molecule is CCCN1CC=C2C(C#N)=C(N)C(C#N)(C#N)[C@H](c3cccc(C(F)(F)F)c3)[C@H]2C1.CCO. The summed E-state index contributed by atoms with van der Waals surface area (Å²) in [6.45, 7) is 5.68. The van der Waals surface area contributed by atoms with Crippen molar-refractivity contribution in [2.45, 2.75) is 32.4 Å². The lowest BCUT2D eigenvalue weighted by atomic mass is 9.58. The molecule has 0 bridgehead atoms. The van der Waals surface area contributed by atoms with E-state index in [0.717, 1.165) is 25.1 Å². The average Bonchev–Trinajstić information content (AvgIpc) is 2.79. The van der Waals surface area contributed by atoms with Crippen molar-refractivity contribution in [2.24, 2.45) is 17.1 Å². The molecule has 0 aromatic heterocycles. The topological polar surface area (TPSA) is 121 Å². The number of halogens is 3. The van der Waals surface area contributed by atoms with Crippen LogP contribution in [0.2, 0.25) is 0 Å². The third-order valence-corrected chi connectivity index (χ3v) is 5.85. The van der Waals surface area contributed by atoms with Crippen LogP contribution < -0.4 is 5.73 Å². The van der Waals surface area contributed by atoms with Crippen LogP contribution in [0.5, 0.6) is 0 Å². The van der Waals surface area contributed by atoms with Gasteiger partial charge < -0.3 is 10.8 Å². The summed E-state index contributed by atoms with van der Waals surface area (Å²) in [4.78, 5) is 2.10. The van der Waals surface area contributed by atoms with Crippen molar-refractivity contribution in [1.82, 2.24) is 4.90 Å². The molecule has 2 atom stereocenters. The smallest absolute Gasteiger partial charge is 0.399 e. The molecule has 2 aliphatic rings. The number of nitrogens with two attached hydrogens (primary N) is 1. The van der Waals surface area contributed by atoms with E-state index in [4.69, 9.17) is 10.8 Å². The Balaban J connectivity index is 0.00000122. The van der Waals surface area contributed by atoms with Gasteiger partial charge in [-0.05, 0) is 37.1 Å². The number of alkyl halides is 3. The van der Waals surface area contributed by atoms with E-state index in [1.807, 2.05) is 31.2 Å². The van der Waals surface area contributed by atoms with Crippen LogP contribution in [0.15, 0.2) is 47.2 Å². The molecule has 9 heteroatoms. The Hall–Kier alpha value is -3.32. The Kier molecular flexibility index (Phi) is 8.28. The lowest BCUT2D eigenvalue weighted by Gasteiger charge is -2.45. The fourth-order valence-electron chi connectivity index (χ4n) is 4.52. The van der Waals surface area contributed by atoms with Crippen molar-refractivity contribution >= 4 is 0 Å². The van der Waals surface area contributed by atoms with Gasteiger partial charge in [-0.1, -0.05) is 31.2 Å². The summed E-state index contributed by atoms with van der Waals surface area (Å²) in [5.41, 5.74) is 4.09. The van der Waals surface area contributed by atoms with Gasteiger partial charge in [0.1, 0.15) is 6.07 Å². The van der Waals surface area contributed by atoms with E-state index < -0.39 is 29.0 Å². The third-order valence-electron chi connectivity index (χ3n) is 5.85. The predicted octanol–water partition coefficient (Wildman–Crippen LogP) is 3.84. The van der Waals surface area contributed by atoms with Gasteiger partial charge in [0.25, 0.3) is 0 Å². The standard InChI is InChI=1S/C22H20F3N5.C2H6O/c1-2-7-30-8-6-16-17(10-26)20(29)21(12-27,13-28)19(18(16)11-30)14-4-3-5-15(9-14)22(23,24)25;1-2-3/h3-6,9,18-19H,2,7-8,11,29H2,1H3;3H,2H2,1H3/t18-,19+;/m0./s1. The summed E-state index contributed by atoms with van der Waals surface area (Å²) in [5.74, 6) is -1.44. The minimum atomic E-state index is -4.56. The second kappa shape index (κ2) is 10.5. The zero-order valence-electron chi connectivity index (χ0n) is 18.5. The fraction of sp³-hybridized carbons (Fsp3) is 0.458. The zero-order chi connectivity index (χ0) is 24.8. The highest BCUT2D eigenvalue weighted by molar-refractivity contribution is 5.59. The number of rotatable bonds is 3. The van der Waals surface area contributed by atoms with Crippen LogP contribution in [-0.2, 0) is 6.18 Å². The molecule has 1 heterocycles. The highest BCUT2D eigenvalue weighted by Gasteiger charge is 2.54. The van der Waals surface area contributed by atoms with E-state index in [-0.39, 0.29) is 23.4 Å². The van der Waals surface area contributed by atoms with Gasteiger partial charge >= 0.3 is 6.18 Å². The minimum Gasteiger partial charge on any atom is -0.399 e. The van der Waals surface area contributed by atoms with Crippen molar-refractivity contribution in [3.05, 3.63) is 58.3 Å². The van der Waals surface area contributed by atoms with E-state index in [9.17, 15) is 29.0 Å². The molecule has 0 saturated heterocycles. The molecule has 0 spiro atoms. The molecule has 174 valence electrons. The van der Waals surface area contributed by atoms with Gasteiger partial charge in [-0.25, -0.2) is 0 Å². The molecular formula is C24H26F3N5O. The largest absolute Gasteiger partial charge is 0.416 e. The quantitative estimate of drug-likeness (QED) is 0.711. The Labute approximate surface area is 191 Å². The fourth-order valence-corrected chi connectivity index (χ4v) is 4.52. The van der Waals surface area contributed by atoms with Crippen molar-refractivity contribution < 1.29 is 18.3 Å². The summed E-state index contributed by atoms with van der Waals surface area (Å²) >= 11 is 0. The van der Waals surface area contributed by atoms with Crippen LogP contribution in [0.3, 0.4) is 0 Å². The van der Waals surface area contributed by atoms with Gasteiger partial charge in [0.05, 0.1) is 29.0 Å². The highest BCUT2D eigenvalue weighted by Crippen LogP contribution is 2.54. The molecule has 1 aliphatic carbocycles. The van der Waals surface area contributed by atoms with Gasteiger partial charge in [-0.15, -0.1) is 0 Å². The van der Waals surface area contributed by atoms with Gasteiger partial charge in [0.2, 0.25) is 0 Å². The maximum atomic E-state index is 13.4. The van der Waals surface area contributed by atoms with Crippen molar-refractivity contribution in [2.75, 3.05) is 26.2 Å². The van der Waals surface area contributed by atoms with E-state index in [1.54, 1.807) is 6.92 Å². The van der Waals surface area contributed by atoms with E-state index >= 15 is 0 Å². The summed E-state index contributed by atoms with van der Waals surface area (Å²) in [7, 11) is 0. The van der Waals surface area contributed by atoms with Crippen LogP contribution in [0.4, 0.5) is 13.2 Å². The molecule has 0 radical (unpaired) electrons. The van der Waals surface area contributed by atoms with E-state index in [2.05, 4.69) is 4.90 Å². The van der Waals surface area contributed by atoms with Crippen molar-refractivity contribution in [3.63, 3.8) is 0 Å². The number of aliphatic hydroxyl groups excluding tert-OH is 1. The second-order valence-electron chi connectivity index (χ2n) is 7.87. The number of hydrogen-bond donors (Lipinski definition) is 2. The van der Waals surface area contributed by atoms with Gasteiger partial charge in [-0.2, -0.15) is 29.0 Å². The summed E-state index contributed by atoms with van der Waals surface area (Å²) < 4.78 is 40.1. The van der Waals surface area contributed by atoms with E-state index in [0.29, 0.717) is 18.7 Å². The molecular weight excluding hydrogens is 431 g/mol. The number of nitriles is 3. The molecule has 1 aliphatic heterocycles. The van der Waals surface area contributed by atoms with Crippen LogP contribution >= 0.6 is 0 Å². The molecule has 0 saturated carbocycles. The van der Waals surface area contributed by atoms with Gasteiger partial charge in [-0.3, -0.25) is 4.90 Å². The predicted molar refractivity (Wildman–Crippen MR) is 116 cm³/mol. The number of fused-ring (bicyclic) bond motifs is 1. The van der Waals surface area contributed by atoms with Crippen molar-refractivity contribution in [3.8, 4) is 18.2 Å². The first-order valence-corrected chi connectivity index (χ1v) is 10.6. The molecule has 33 heavy (non-hydrogen) atoms. The third kappa shape index (κ3) is 4.88. The number of allylic oxidation sites excluding steroid dienone is 2. The molecule has 0 fully saturated rings. The van der Waals surface area contributed by atoms with Gasteiger partial charge in [0.15, 0.2) is 5.41 Å². The summed E-state index contributed by atoms with van der Waals surface area (Å²) in [5, 5.41) is 37.2. The van der Waals surface area contributed by atoms with Crippen LogP contribution in [0.1, 0.15) is 37.3 Å². The molecule has 0 unspecified atom stereocenters.